The molecule has 0 radical (unpaired) electrons. The number of nitrogens with two attached hydrogens (primary N) is 1. The lowest BCUT2D eigenvalue weighted by Gasteiger charge is -2.12. The Kier molecular flexibility index (Phi) is 3.58. The van der Waals surface area contributed by atoms with E-state index in [1.54, 1.807) is 19.2 Å². The van der Waals surface area contributed by atoms with E-state index in [2.05, 4.69) is 10.3 Å². The minimum atomic E-state index is -0.168. The number of anilines is 1. The molecule has 1 aliphatic carbocycles. The van der Waals surface area contributed by atoms with Crippen LogP contribution < -0.4 is 11.1 Å². The van der Waals surface area contributed by atoms with Crippen molar-refractivity contribution in [1.82, 2.24) is 10.3 Å². The summed E-state index contributed by atoms with van der Waals surface area (Å²) < 4.78 is 5.26. The standard InChI is InChI=1S/C12H17N3O2/c1-17-10-3-2-9(7-10)15-12(16)11-6-8(13)4-5-14-11/h4-6,9-10H,2-3,7H2,1H3,(H2,13,14)(H,15,16). The van der Waals surface area contributed by atoms with E-state index in [0.717, 1.165) is 19.3 Å². The molecule has 92 valence electrons. The third-order valence-electron chi connectivity index (χ3n) is 3.07. The van der Waals surface area contributed by atoms with E-state index < -0.39 is 0 Å². The smallest absolute Gasteiger partial charge is 0.270 e. The first kappa shape index (κ1) is 11.9. The quantitative estimate of drug-likeness (QED) is 0.818. The third-order valence-corrected chi connectivity index (χ3v) is 3.07. The van der Waals surface area contributed by atoms with E-state index in [9.17, 15) is 4.79 Å². The number of nitrogen functional groups attached to an aromatic ring is 1. The Morgan fingerprint density at radius 1 is 1.59 bits per heavy atom. The van der Waals surface area contributed by atoms with E-state index in [0.29, 0.717) is 11.4 Å². The van der Waals surface area contributed by atoms with Crippen LogP contribution in [0.25, 0.3) is 0 Å². The molecule has 5 nitrogen and oxygen atoms in total. The van der Waals surface area contributed by atoms with Crippen LogP contribution in [0.3, 0.4) is 0 Å². The Morgan fingerprint density at radius 2 is 2.41 bits per heavy atom. The summed E-state index contributed by atoms with van der Waals surface area (Å²) in [6.07, 6.45) is 4.61. The summed E-state index contributed by atoms with van der Waals surface area (Å²) >= 11 is 0. The van der Waals surface area contributed by atoms with Crippen molar-refractivity contribution >= 4 is 11.6 Å². The molecule has 0 spiro atoms. The van der Waals surface area contributed by atoms with Crippen molar-refractivity contribution in [3.05, 3.63) is 24.0 Å². The molecule has 2 unspecified atom stereocenters. The molecule has 1 saturated carbocycles. The molecule has 0 aliphatic heterocycles. The molecule has 0 bridgehead atoms. The zero-order valence-corrected chi connectivity index (χ0v) is 9.85. The van der Waals surface area contributed by atoms with Gasteiger partial charge in [-0.1, -0.05) is 0 Å². The Balaban J connectivity index is 1.94. The predicted octanol–water partition coefficient (Wildman–Crippen LogP) is 0.961. The second-order valence-electron chi connectivity index (χ2n) is 4.32. The normalized spacial score (nSPS) is 23.6. The first-order chi connectivity index (χ1) is 8.19. The molecule has 1 heterocycles. The van der Waals surface area contributed by atoms with Gasteiger partial charge in [0.05, 0.1) is 6.10 Å². The van der Waals surface area contributed by atoms with Crippen molar-refractivity contribution in [3.8, 4) is 0 Å². The number of ether oxygens (including phenoxy) is 1. The van der Waals surface area contributed by atoms with Crippen LogP contribution in [0.4, 0.5) is 5.69 Å². The summed E-state index contributed by atoms with van der Waals surface area (Å²) in [6, 6.07) is 3.42. The Morgan fingerprint density at radius 3 is 3.06 bits per heavy atom. The fourth-order valence-corrected chi connectivity index (χ4v) is 2.12. The van der Waals surface area contributed by atoms with Gasteiger partial charge in [0.1, 0.15) is 5.69 Å². The van der Waals surface area contributed by atoms with Crippen molar-refractivity contribution in [2.45, 2.75) is 31.4 Å². The molecule has 3 N–H and O–H groups in total. The number of amides is 1. The first-order valence-electron chi connectivity index (χ1n) is 5.74. The van der Waals surface area contributed by atoms with Crippen LogP contribution >= 0.6 is 0 Å². The molecule has 1 aromatic rings. The molecular formula is C12H17N3O2. The van der Waals surface area contributed by atoms with Crippen molar-refractivity contribution in [2.24, 2.45) is 0 Å². The number of hydrogen-bond donors (Lipinski definition) is 2. The molecule has 2 atom stereocenters. The lowest BCUT2D eigenvalue weighted by atomic mass is 10.2. The van der Waals surface area contributed by atoms with Crippen LogP contribution in [0.2, 0.25) is 0 Å². The topological polar surface area (TPSA) is 77.2 Å². The highest BCUT2D eigenvalue weighted by Gasteiger charge is 2.26. The molecule has 2 rings (SSSR count). The number of pyridine rings is 1. The number of methoxy groups -OCH3 is 1. The van der Waals surface area contributed by atoms with Crippen LogP contribution in [-0.4, -0.2) is 30.1 Å². The second-order valence-corrected chi connectivity index (χ2v) is 4.32. The number of aromatic nitrogens is 1. The highest BCUT2D eigenvalue weighted by molar-refractivity contribution is 5.93. The number of rotatable bonds is 3. The summed E-state index contributed by atoms with van der Waals surface area (Å²) in [5.41, 5.74) is 6.52. The summed E-state index contributed by atoms with van der Waals surface area (Å²) in [5.74, 6) is -0.168. The Hall–Kier alpha value is -1.62. The average Bonchev–Trinajstić information content (AvgIpc) is 2.77. The minimum Gasteiger partial charge on any atom is -0.399 e. The molecule has 0 saturated heterocycles. The fraction of sp³-hybridized carbons (Fsp3) is 0.500. The highest BCUT2D eigenvalue weighted by atomic mass is 16.5. The predicted molar refractivity (Wildman–Crippen MR) is 64.6 cm³/mol. The Labute approximate surface area is 100 Å². The van der Waals surface area contributed by atoms with E-state index >= 15 is 0 Å². The van der Waals surface area contributed by atoms with Crippen LogP contribution in [-0.2, 0) is 4.74 Å². The van der Waals surface area contributed by atoms with E-state index in [4.69, 9.17) is 10.5 Å². The zero-order valence-electron chi connectivity index (χ0n) is 9.85. The molecule has 1 amide bonds. The summed E-state index contributed by atoms with van der Waals surface area (Å²) in [5, 5.41) is 2.95. The largest absolute Gasteiger partial charge is 0.399 e. The maximum atomic E-state index is 11.9. The van der Waals surface area contributed by atoms with Gasteiger partial charge in [-0.15, -0.1) is 0 Å². The molecule has 1 aromatic heterocycles. The van der Waals surface area contributed by atoms with E-state index in [-0.39, 0.29) is 18.1 Å². The van der Waals surface area contributed by atoms with Gasteiger partial charge in [-0.3, -0.25) is 9.78 Å². The number of hydrogen-bond acceptors (Lipinski definition) is 4. The molecule has 1 aliphatic rings. The van der Waals surface area contributed by atoms with Gasteiger partial charge in [-0.25, -0.2) is 0 Å². The fourth-order valence-electron chi connectivity index (χ4n) is 2.12. The van der Waals surface area contributed by atoms with Crippen molar-refractivity contribution in [2.75, 3.05) is 12.8 Å². The number of nitrogens with one attached hydrogen (secondary N) is 1. The SMILES string of the molecule is COC1CCC(NC(=O)c2cc(N)ccn2)C1. The van der Waals surface area contributed by atoms with E-state index in [1.807, 2.05) is 0 Å². The van der Waals surface area contributed by atoms with Gasteiger partial charge in [0.2, 0.25) is 0 Å². The molecule has 5 heteroatoms. The van der Waals surface area contributed by atoms with Gasteiger partial charge >= 0.3 is 0 Å². The molecule has 1 fully saturated rings. The Bertz CT molecular complexity index is 408. The summed E-state index contributed by atoms with van der Waals surface area (Å²) in [7, 11) is 1.70. The van der Waals surface area contributed by atoms with Gasteiger partial charge < -0.3 is 15.8 Å². The van der Waals surface area contributed by atoms with Crippen LogP contribution in [0, 0.1) is 0 Å². The van der Waals surface area contributed by atoms with Crippen LogP contribution in [0.15, 0.2) is 18.3 Å². The number of carbonyl (C=O) groups is 1. The monoisotopic (exact) mass is 235 g/mol. The van der Waals surface area contributed by atoms with Crippen LogP contribution in [0.5, 0.6) is 0 Å². The van der Waals surface area contributed by atoms with Crippen molar-refractivity contribution < 1.29 is 9.53 Å². The maximum absolute atomic E-state index is 11.9. The summed E-state index contributed by atoms with van der Waals surface area (Å²) in [6.45, 7) is 0. The van der Waals surface area contributed by atoms with Crippen molar-refractivity contribution in [1.29, 1.82) is 0 Å². The van der Waals surface area contributed by atoms with Crippen LogP contribution in [0.1, 0.15) is 29.8 Å². The first-order valence-corrected chi connectivity index (χ1v) is 5.74. The second kappa shape index (κ2) is 5.14. The maximum Gasteiger partial charge on any atom is 0.270 e. The lowest BCUT2D eigenvalue weighted by Crippen LogP contribution is -2.33. The average molecular weight is 235 g/mol. The van der Waals surface area contributed by atoms with Gasteiger partial charge in [-0.2, -0.15) is 0 Å². The van der Waals surface area contributed by atoms with E-state index in [1.165, 1.54) is 6.20 Å². The lowest BCUT2D eigenvalue weighted by molar-refractivity contribution is 0.0910. The summed E-state index contributed by atoms with van der Waals surface area (Å²) in [4.78, 5) is 15.9. The van der Waals surface area contributed by atoms with Gasteiger partial charge in [-0.05, 0) is 31.4 Å². The molecule has 0 aromatic carbocycles. The van der Waals surface area contributed by atoms with Gasteiger partial charge in [0.15, 0.2) is 0 Å². The highest BCUT2D eigenvalue weighted by Crippen LogP contribution is 2.21. The van der Waals surface area contributed by atoms with Crippen molar-refractivity contribution in [3.63, 3.8) is 0 Å². The van der Waals surface area contributed by atoms with Gasteiger partial charge in [0, 0.05) is 25.0 Å². The zero-order chi connectivity index (χ0) is 12.3. The minimum absolute atomic E-state index is 0.168. The number of nitrogens with zero attached hydrogens (tertiary/aromatic N) is 1. The number of carbonyl (C=O) groups excluding carboxylic acids is 1. The molecular weight excluding hydrogens is 218 g/mol. The molecule has 17 heavy (non-hydrogen) atoms. The van der Waals surface area contributed by atoms with Gasteiger partial charge in [0.25, 0.3) is 5.91 Å². The third kappa shape index (κ3) is 2.94.